The smallest absolute Gasteiger partial charge is 0.133 e. The van der Waals surface area contributed by atoms with Crippen LogP contribution >= 0.6 is 11.6 Å². The summed E-state index contributed by atoms with van der Waals surface area (Å²) in [5, 5.41) is 9.23. The van der Waals surface area contributed by atoms with Gasteiger partial charge in [0.2, 0.25) is 0 Å². The maximum atomic E-state index is 6.00. The third-order valence-electron chi connectivity index (χ3n) is 3.91. The first kappa shape index (κ1) is 14.5. The first-order valence-corrected chi connectivity index (χ1v) is 7.97. The van der Waals surface area contributed by atoms with Crippen LogP contribution in [-0.4, -0.2) is 16.3 Å². The zero-order valence-corrected chi connectivity index (χ0v) is 13.7. The third-order valence-corrected chi connectivity index (χ3v) is 4.16. The molecule has 0 spiro atoms. The minimum atomic E-state index is 0.0494. The van der Waals surface area contributed by atoms with Crippen LogP contribution in [0.15, 0.2) is 24.3 Å². The molecule has 21 heavy (non-hydrogen) atoms. The van der Waals surface area contributed by atoms with E-state index in [9.17, 15) is 0 Å². The van der Waals surface area contributed by atoms with Gasteiger partial charge in [-0.2, -0.15) is 5.10 Å². The van der Waals surface area contributed by atoms with E-state index in [1.54, 1.807) is 0 Å². The Kier molecular flexibility index (Phi) is 3.70. The van der Waals surface area contributed by atoms with Gasteiger partial charge in [0.15, 0.2) is 0 Å². The van der Waals surface area contributed by atoms with E-state index in [2.05, 4.69) is 26.1 Å². The molecule has 0 fully saturated rings. The lowest BCUT2D eigenvalue weighted by atomic mass is 9.88. The van der Waals surface area contributed by atoms with E-state index in [-0.39, 0.29) is 5.41 Å². The van der Waals surface area contributed by atoms with Crippen LogP contribution in [0.4, 0.5) is 5.82 Å². The summed E-state index contributed by atoms with van der Waals surface area (Å²) in [7, 11) is 0. The standard InChI is InChI=1S/C17H22ClN3/c1-17(2,3)15-14-6-4-5-11-19-16(14)21(20-15)13-9-7-12(18)8-10-13/h7-10,19H,4-6,11H2,1-3H3. The highest BCUT2D eigenvalue weighted by atomic mass is 35.5. The largest absolute Gasteiger partial charge is 0.370 e. The molecule has 0 saturated heterocycles. The van der Waals surface area contributed by atoms with Crippen molar-refractivity contribution in [3.05, 3.63) is 40.5 Å². The van der Waals surface area contributed by atoms with Gasteiger partial charge in [0, 0.05) is 22.5 Å². The molecular formula is C17H22ClN3. The number of aromatic nitrogens is 2. The van der Waals surface area contributed by atoms with Crippen molar-refractivity contribution < 1.29 is 0 Å². The highest BCUT2D eigenvalue weighted by Crippen LogP contribution is 2.34. The summed E-state index contributed by atoms with van der Waals surface area (Å²) >= 11 is 6.00. The number of hydrogen-bond donors (Lipinski definition) is 1. The van der Waals surface area contributed by atoms with Crippen molar-refractivity contribution in [3.8, 4) is 5.69 Å². The average molecular weight is 304 g/mol. The van der Waals surface area contributed by atoms with Gasteiger partial charge in [-0.3, -0.25) is 0 Å². The molecule has 0 bridgehead atoms. The van der Waals surface area contributed by atoms with Crippen molar-refractivity contribution in [1.82, 2.24) is 9.78 Å². The second-order valence-electron chi connectivity index (χ2n) is 6.70. The van der Waals surface area contributed by atoms with E-state index in [4.69, 9.17) is 16.7 Å². The summed E-state index contributed by atoms with van der Waals surface area (Å²) in [5.41, 5.74) is 3.67. The third kappa shape index (κ3) is 2.80. The quantitative estimate of drug-likeness (QED) is 0.836. The van der Waals surface area contributed by atoms with Gasteiger partial charge in [0.25, 0.3) is 0 Å². The van der Waals surface area contributed by atoms with E-state index >= 15 is 0 Å². The van der Waals surface area contributed by atoms with Crippen LogP contribution < -0.4 is 5.32 Å². The molecule has 1 aromatic carbocycles. The molecule has 1 aliphatic rings. The van der Waals surface area contributed by atoms with E-state index in [0.29, 0.717) is 0 Å². The zero-order valence-electron chi connectivity index (χ0n) is 12.9. The van der Waals surface area contributed by atoms with Gasteiger partial charge in [-0.25, -0.2) is 4.68 Å². The van der Waals surface area contributed by atoms with Gasteiger partial charge >= 0.3 is 0 Å². The van der Waals surface area contributed by atoms with Gasteiger partial charge in [-0.1, -0.05) is 32.4 Å². The molecule has 0 saturated carbocycles. The zero-order chi connectivity index (χ0) is 15.0. The molecule has 4 heteroatoms. The summed E-state index contributed by atoms with van der Waals surface area (Å²) in [6, 6.07) is 7.88. The molecule has 1 N–H and O–H groups in total. The molecule has 0 atom stereocenters. The molecule has 0 amide bonds. The van der Waals surface area contributed by atoms with Crippen molar-refractivity contribution in [2.45, 2.75) is 45.4 Å². The van der Waals surface area contributed by atoms with Crippen LogP contribution in [0.3, 0.4) is 0 Å². The Morgan fingerprint density at radius 3 is 2.52 bits per heavy atom. The molecule has 0 aliphatic carbocycles. The fraction of sp³-hybridized carbons (Fsp3) is 0.471. The first-order chi connectivity index (χ1) is 9.97. The Balaban J connectivity index is 2.16. The molecule has 0 radical (unpaired) electrons. The highest BCUT2D eigenvalue weighted by molar-refractivity contribution is 6.30. The number of benzene rings is 1. The monoisotopic (exact) mass is 303 g/mol. The fourth-order valence-corrected chi connectivity index (χ4v) is 3.00. The number of anilines is 1. The summed E-state index contributed by atoms with van der Waals surface area (Å²) in [6.45, 7) is 7.70. The van der Waals surface area contributed by atoms with Crippen molar-refractivity contribution in [2.24, 2.45) is 0 Å². The second kappa shape index (κ2) is 5.38. The van der Waals surface area contributed by atoms with Crippen LogP contribution in [0, 0.1) is 0 Å². The minimum Gasteiger partial charge on any atom is -0.370 e. The lowest BCUT2D eigenvalue weighted by molar-refractivity contribution is 0.552. The van der Waals surface area contributed by atoms with Crippen molar-refractivity contribution >= 4 is 17.4 Å². The molecule has 2 aromatic rings. The molecular weight excluding hydrogens is 282 g/mol. The van der Waals surface area contributed by atoms with E-state index in [1.807, 2.05) is 28.9 Å². The number of halogens is 1. The Labute approximate surface area is 131 Å². The average Bonchev–Trinajstić information content (AvgIpc) is 2.63. The van der Waals surface area contributed by atoms with Crippen LogP contribution in [0.1, 0.15) is 44.9 Å². The van der Waals surface area contributed by atoms with E-state index < -0.39 is 0 Å². The van der Waals surface area contributed by atoms with Gasteiger partial charge in [0.1, 0.15) is 5.82 Å². The van der Waals surface area contributed by atoms with Crippen molar-refractivity contribution in [1.29, 1.82) is 0 Å². The normalized spacial score (nSPS) is 15.2. The maximum Gasteiger partial charge on any atom is 0.133 e. The number of hydrogen-bond acceptors (Lipinski definition) is 2. The SMILES string of the molecule is CC(C)(C)c1nn(-c2ccc(Cl)cc2)c2c1CCCCN2. The molecule has 112 valence electrons. The minimum absolute atomic E-state index is 0.0494. The van der Waals surface area contributed by atoms with Crippen LogP contribution in [0.25, 0.3) is 5.69 Å². The highest BCUT2D eigenvalue weighted by Gasteiger charge is 2.27. The van der Waals surface area contributed by atoms with Crippen molar-refractivity contribution in [3.63, 3.8) is 0 Å². The number of fused-ring (bicyclic) bond motifs is 1. The van der Waals surface area contributed by atoms with Crippen LogP contribution in [0.2, 0.25) is 5.02 Å². The predicted molar refractivity (Wildman–Crippen MR) is 88.7 cm³/mol. The summed E-state index contributed by atoms with van der Waals surface area (Å²) < 4.78 is 2.04. The second-order valence-corrected chi connectivity index (χ2v) is 7.13. The molecule has 3 nitrogen and oxygen atoms in total. The summed E-state index contributed by atoms with van der Waals surface area (Å²) in [6.07, 6.45) is 3.52. The number of rotatable bonds is 1. The summed E-state index contributed by atoms with van der Waals surface area (Å²) in [4.78, 5) is 0. The lowest BCUT2D eigenvalue weighted by Crippen LogP contribution is -2.15. The Morgan fingerprint density at radius 1 is 1.14 bits per heavy atom. The molecule has 3 rings (SSSR count). The Bertz CT molecular complexity index is 635. The van der Waals surface area contributed by atoms with Gasteiger partial charge < -0.3 is 5.32 Å². The van der Waals surface area contributed by atoms with Crippen LogP contribution in [-0.2, 0) is 11.8 Å². The lowest BCUT2D eigenvalue weighted by Gasteiger charge is -2.17. The predicted octanol–water partition coefficient (Wildman–Crippen LogP) is 4.57. The molecule has 1 aromatic heterocycles. The number of nitrogens with one attached hydrogen (secondary N) is 1. The summed E-state index contributed by atoms with van der Waals surface area (Å²) in [5.74, 6) is 1.15. The van der Waals surface area contributed by atoms with Gasteiger partial charge in [-0.05, 0) is 43.5 Å². The fourth-order valence-electron chi connectivity index (χ4n) is 2.87. The van der Waals surface area contributed by atoms with Gasteiger partial charge in [-0.15, -0.1) is 0 Å². The molecule has 0 unspecified atom stereocenters. The van der Waals surface area contributed by atoms with Gasteiger partial charge in [0.05, 0.1) is 11.4 Å². The number of nitrogens with zero attached hydrogens (tertiary/aromatic N) is 2. The maximum absolute atomic E-state index is 6.00. The topological polar surface area (TPSA) is 29.9 Å². The van der Waals surface area contributed by atoms with Crippen LogP contribution in [0.5, 0.6) is 0 Å². The molecule has 2 heterocycles. The van der Waals surface area contributed by atoms with E-state index in [1.165, 1.54) is 24.1 Å². The first-order valence-electron chi connectivity index (χ1n) is 7.59. The Morgan fingerprint density at radius 2 is 1.86 bits per heavy atom. The Hall–Kier alpha value is -1.48. The van der Waals surface area contributed by atoms with Crippen molar-refractivity contribution in [2.75, 3.05) is 11.9 Å². The molecule has 1 aliphatic heterocycles. The van der Waals surface area contributed by atoms with E-state index in [0.717, 1.165) is 29.5 Å².